The number of carbonyl (C=O) groups is 2. The fourth-order valence-electron chi connectivity index (χ4n) is 1.03. The molecule has 0 aliphatic carbocycles. The Balaban J connectivity index is 3.92. The van der Waals surface area contributed by atoms with Gasteiger partial charge in [-0.15, -0.1) is 0 Å². The third-order valence-corrected chi connectivity index (χ3v) is 1.73. The molecule has 0 saturated heterocycles. The van der Waals surface area contributed by atoms with Crippen LogP contribution in [0.4, 0.5) is 0 Å². The smallest absolute Gasteiger partial charge is 0.307 e. The molecule has 4 nitrogen and oxygen atoms in total. The fourth-order valence-corrected chi connectivity index (χ4v) is 1.03. The van der Waals surface area contributed by atoms with E-state index in [1.807, 2.05) is 13.8 Å². The third-order valence-electron chi connectivity index (χ3n) is 1.73. The minimum atomic E-state index is -0.936. The van der Waals surface area contributed by atoms with Crippen molar-refractivity contribution in [1.82, 2.24) is 0 Å². The van der Waals surface area contributed by atoms with Gasteiger partial charge in [0.05, 0.1) is 6.42 Å². The highest BCUT2D eigenvalue weighted by Crippen LogP contribution is 2.08. The molecule has 0 radical (unpaired) electrons. The van der Waals surface area contributed by atoms with Crippen molar-refractivity contribution in [2.75, 3.05) is 0 Å². The monoisotopic (exact) mass is 202 g/mol. The summed E-state index contributed by atoms with van der Waals surface area (Å²) >= 11 is 0. The van der Waals surface area contributed by atoms with Crippen molar-refractivity contribution >= 4 is 11.9 Å². The van der Waals surface area contributed by atoms with E-state index in [1.165, 1.54) is 0 Å². The largest absolute Gasteiger partial charge is 0.481 e. The number of carboxylic acid groups (broad SMARTS) is 1. The van der Waals surface area contributed by atoms with E-state index < -0.39 is 12.1 Å². The first-order chi connectivity index (χ1) is 6.45. The molecular weight excluding hydrogens is 184 g/mol. The van der Waals surface area contributed by atoms with E-state index in [1.54, 1.807) is 6.92 Å². The lowest BCUT2D eigenvalue weighted by atomic mass is 10.1. The molecule has 1 atom stereocenters. The molecule has 0 aromatic rings. The molecule has 0 saturated carbocycles. The Labute approximate surface area is 84.3 Å². The lowest BCUT2D eigenvalue weighted by Crippen LogP contribution is -2.21. The van der Waals surface area contributed by atoms with Gasteiger partial charge in [-0.25, -0.2) is 0 Å². The van der Waals surface area contributed by atoms with Crippen molar-refractivity contribution in [3.05, 3.63) is 0 Å². The lowest BCUT2D eigenvalue weighted by molar-refractivity contribution is -0.153. The van der Waals surface area contributed by atoms with Crippen LogP contribution in [0.25, 0.3) is 0 Å². The predicted octanol–water partition coefficient (Wildman–Crippen LogP) is 1.83. The van der Waals surface area contributed by atoms with Gasteiger partial charge in [0, 0.05) is 6.42 Å². The molecule has 1 N–H and O–H groups in total. The number of rotatable bonds is 6. The van der Waals surface area contributed by atoms with Gasteiger partial charge in [0.25, 0.3) is 0 Å². The number of carbonyl (C=O) groups excluding carboxylic acids is 1. The number of carboxylic acids is 1. The van der Waals surface area contributed by atoms with E-state index in [0.717, 1.165) is 0 Å². The molecule has 0 fully saturated rings. The minimum absolute atomic E-state index is 0.111. The summed E-state index contributed by atoms with van der Waals surface area (Å²) < 4.78 is 5.00. The summed E-state index contributed by atoms with van der Waals surface area (Å²) in [5, 5.41) is 8.52. The Kier molecular flexibility index (Phi) is 5.92. The lowest BCUT2D eigenvalue weighted by Gasteiger charge is -2.14. The zero-order valence-electron chi connectivity index (χ0n) is 8.95. The standard InChI is InChI=1S/C10H18O4/c1-4-8(6-9(11)12)14-10(13)5-7(2)3/h7-8H,4-6H2,1-3H3,(H,11,12)/t8-/m0/s1. The topological polar surface area (TPSA) is 63.6 Å². The number of hydrogen-bond donors (Lipinski definition) is 1. The number of aliphatic carboxylic acids is 1. The first kappa shape index (κ1) is 12.9. The molecule has 0 amide bonds. The van der Waals surface area contributed by atoms with Crippen LogP contribution in [-0.4, -0.2) is 23.1 Å². The maximum Gasteiger partial charge on any atom is 0.307 e. The zero-order chi connectivity index (χ0) is 11.1. The van der Waals surface area contributed by atoms with Gasteiger partial charge < -0.3 is 9.84 Å². The quantitative estimate of drug-likeness (QED) is 0.667. The third kappa shape index (κ3) is 6.46. The van der Waals surface area contributed by atoms with Crippen LogP contribution in [0.5, 0.6) is 0 Å². The highest BCUT2D eigenvalue weighted by Gasteiger charge is 2.16. The second-order valence-corrected chi connectivity index (χ2v) is 3.72. The van der Waals surface area contributed by atoms with E-state index in [-0.39, 0.29) is 18.3 Å². The van der Waals surface area contributed by atoms with E-state index in [9.17, 15) is 9.59 Å². The van der Waals surface area contributed by atoms with Gasteiger partial charge >= 0.3 is 11.9 Å². The summed E-state index contributed by atoms with van der Waals surface area (Å²) in [4.78, 5) is 21.6. The fraction of sp³-hybridized carbons (Fsp3) is 0.800. The van der Waals surface area contributed by atoms with Crippen LogP contribution in [0.1, 0.15) is 40.0 Å². The molecule has 0 spiro atoms. The first-order valence-corrected chi connectivity index (χ1v) is 4.87. The Hall–Kier alpha value is -1.06. The van der Waals surface area contributed by atoms with Crippen molar-refractivity contribution < 1.29 is 19.4 Å². The van der Waals surface area contributed by atoms with Crippen LogP contribution in [-0.2, 0) is 14.3 Å². The molecule has 0 unspecified atom stereocenters. The van der Waals surface area contributed by atoms with Gasteiger partial charge in [0.15, 0.2) is 0 Å². The van der Waals surface area contributed by atoms with E-state index in [0.29, 0.717) is 12.8 Å². The molecule has 0 bridgehead atoms. The SMILES string of the molecule is CC[C@@H](CC(=O)O)OC(=O)CC(C)C. The van der Waals surface area contributed by atoms with Crippen molar-refractivity contribution in [1.29, 1.82) is 0 Å². The molecule has 0 aromatic heterocycles. The first-order valence-electron chi connectivity index (χ1n) is 4.87. The summed E-state index contributed by atoms with van der Waals surface area (Å²) in [6.45, 7) is 5.63. The molecule has 0 aliphatic rings. The van der Waals surface area contributed by atoms with Gasteiger partial charge in [0.1, 0.15) is 6.10 Å². The van der Waals surface area contributed by atoms with E-state index >= 15 is 0 Å². The maximum atomic E-state index is 11.2. The summed E-state index contributed by atoms with van der Waals surface area (Å²) in [6, 6.07) is 0. The predicted molar refractivity (Wildman–Crippen MR) is 51.9 cm³/mol. The molecule has 0 aromatic carbocycles. The van der Waals surface area contributed by atoms with Crippen LogP contribution < -0.4 is 0 Å². The van der Waals surface area contributed by atoms with Gasteiger partial charge in [-0.05, 0) is 12.3 Å². The van der Waals surface area contributed by atoms with Crippen molar-refractivity contribution in [2.24, 2.45) is 5.92 Å². The maximum absolute atomic E-state index is 11.2. The van der Waals surface area contributed by atoms with Crippen molar-refractivity contribution in [3.63, 3.8) is 0 Å². The highest BCUT2D eigenvalue weighted by molar-refractivity contribution is 5.71. The molecular formula is C10H18O4. The average Bonchev–Trinajstić information content (AvgIpc) is 2.00. The Morgan fingerprint density at radius 1 is 1.29 bits per heavy atom. The van der Waals surface area contributed by atoms with E-state index in [2.05, 4.69) is 0 Å². The molecule has 0 aliphatic heterocycles. The number of hydrogen-bond acceptors (Lipinski definition) is 3. The summed E-state index contributed by atoms with van der Waals surface area (Å²) in [5.74, 6) is -1.01. The molecule has 0 heterocycles. The Morgan fingerprint density at radius 2 is 1.86 bits per heavy atom. The molecule has 82 valence electrons. The van der Waals surface area contributed by atoms with Crippen LogP contribution in [0.3, 0.4) is 0 Å². The molecule has 14 heavy (non-hydrogen) atoms. The summed E-state index contributed by atoms with van der Waals surface area (Å²) in [7, 11) is 0. The minimum Gasteiger partial charge on any atom is -0.481 e. The van der Waals surface area contributed by atoms with Crippen LogP contribution in [0.15, 0.2) is 0 Å². The summed E-state index contributed by atoms with van der Waals surface area (Å²) in [6.07, 6.45) is 0.283. The van der Waals surface area contributed by atoms with E-state index in [4.69, 9.17) is 9.84 Å². The second kappa shape index (κ2) is 6.40. The van der Waals surface area contributed by atoms with Gasteiger partial charge in [-0.1, -0.05) is 20.8 Å². The van der Waals surface area contributed by atoms with Crippen molar-refractivity contribution in [2.45, 2.75) is 46.1 Å². The van der Waals surface area contributed by atoms with Gasteiger partial charge in [-0.2, -0.15) is 0 Å². The van der Waals surface area contributed by atoms with Crippen molar-refractivity contribution in [3.8, 4) is 0 Å². The number of esters is 1. The molecule has 4 heteroatoms. The second-order valence-electron chi connectivity index (χ2n) is 3.72. The van der Waals surface area contributed by atoms with Crippen LogP contribution in [0.2, 0.25) is 0 Å². The number of ether oxygens (including phenoxy) is 1. The normalized spacial score (nSPS) is 12.6. The zero-order valence-corrected chi connectivity index (χ0v) is 8.95. The summed E-state index contributed by atoms with van der Waals surface area (Å²) in [5.41, 5.74) is 0. The molecule has 0 rings (SSSR count). The highest BCUT2D eigenvalue weighted by atomic mass is 16.5. The average molecular weight is 202 g/mol. The Bertz CT molecular complexity index is 198. The van der Waals surface area contributed by atoms with Crippen LogP contribution >= 0.6 is 0 Å². The van der Waals surface area contributed by atoms with Gasteiger partial charge in [0.2, 0.25) is 0 Å². The van der Waals surface area contributed by atoms with Crippen LogP contribution in [0, 0.1) is 5.92 Å². The van der Waals surface area contributed by atoms with Gasteiger partial charge in [-0.3, -0.25) is 9.59 Å². The Morgan fingerprint density at radius 3 is 2.21 bits per heavy atom.